The molecule has 0 bridgehead atoms. The largest absolute Gasteiger partial charge is 0.149 e. The number of hydrogen-bond donors (Lipinski definition) is 0. The molecule has 0 atom stereocenters. The molecule has 0 fully saturated rings. The van der Waals surface area contributed by atoms with Crippen LogP contribution in [0, 0.1) is 0 Å². The predicted octanol–water partition coefficient (Wildman–Crippen LogP) is 6.71. The van der Waals surface area contributed by atoms with Gasteiger partial charge in [0.15, 0.2) is 0 Å². The fourth-order valence-corrected chi connectivity index (χ4v) is 2.71. The third-order valence-electron chi connectivity index (χ3n) is 3.35. The van der Waals surface area contributed by atoms with E-state index in [0.29, 0.717) is 0 Å². The van der Waals surface area contributed by atoms with Crippen LogP contribution >= 0.6 is 11.3 Å². The SMILES string of the molecule is CC(C)=CCC/C(C)=C\CC/C(C)=C\Cc1cccs1. The lowest BCUT2D eigenvalue weighted by Crippen LogP contribution is -1.82. The second-order valence-electron chi connectivity index (χ2n) is 5.74. The van der Waals surface area contributed by atoms with Gasteiger partial charge in [0.1, 0.15) is 0 Å². The second-order valence-corrected chi connectivity index (χ2v) is 6.78. The first-order valence-corrected chi connectivity index (χ1v) is 8.43. The first kappa shape index (κ1) is 17.0. The molecule has 0 N–H and O–H groups in total. The van der Waals surface area contributed by atoms with E-state index in [2.05, 4.69) is 63.4 Å². The smallest absolute Gasteiger partial charge is 0.00829 e. The van der Waals surface area contributed by atoms with Crippen molar-refractivity contribution >= 4 is 11.3 Å². The van der Waals surface area contributed by atoms with E-state index in [1.807, 2.05) is 11.3 Å². The van der Waals surface area contributed by atoms with Crippen LogP contribution in [-0.4, -0.2) is 0 Å². The minimum atomic E-state index is 1.09. The molecule has 1 aromatic heterocycles. The Morgan fingerprint density at radius 3 is 2.20 bits per heavy atom. The topological polar surface area (TPSA) is 0 Å². The third-order valence-corrected chi connectivity index (χ3v) is 4.25. The highest BCUT2D eigenvalue weighted by atomic mass is 32.1. The summed E-state index contributed by atoms with van der Waals surface area (Å²) in [4.78, 5) is 1.46. The molecule has 1 aromatic rings. The van der Waals surface area contributed by atoms with Crippen LogP contribution in [0.4, 0.5) is 0 Å². The molecule has 0 aliphatic heterocycles. The fourth-order valence-electron chi connectivity index (χ4n) is 2.04. The summed E-state index contributed by atoms with van der Waals surface area (Å²) in [6.07, 6.45) is 12.9. The van der Waals surface area contributed by atoms with Crippen molar-refractivity contribution in [3.05, 3.63) is 57.3 Å². The van der Waals surface area contributed by atoms with Gasteiger partial charge in [-0.05, 0) is 71.2 Å². The Balaban J connectivity index is 2.24. The monoisotopic (exact) mass is 288 g/mol. The molecule has 20 heavy (non-hydrogen) atoms. The van der Waals surface area contributed by atoms with Crippen molar-refractivity contribution in [2.24, 2.45) is 0 Å². The van der Waals surface area contributed by atoms with Gasteiger partial charge >= 0.3 is 0 Å². The molecule has 0 aliphatic carbocycles. The summed E-state index contributed by atoms with van der Waals surface area (Å²) in [5, 5.41) is 2.15. The van der Waals surface area contributed by atoms with Gasteiger partial charge in [-0.25, -0.2) is 0 Å². The van der Waals surface area contributed by atoms with Crippen LogP contribution in [-0.2, 0) is 6.42 Å². The van der Waals surface area contributed by atoms with Crippen molar-refractivity contribution in [2.45, 2.75) is 59.8 Å². The fraction of sp³-hybridized carbons (Fsp3) is 0.474. The van der Waals surface area contributed by atoms with Crippen molar-refractivity contribution in [3.8, 4) is 0 Å². The summed E-state index contributed by atoms with van der Waals surface area (Å²) in [7, 11) is 0. The summed E-state index contributed by atoms with van der Waals surface area (Å²) in [5.74, 6) is 0. The Bertz CT molecular complexity index is 454. The molecule has 0 nitrogen and oxygen atoms in total. The van der Waals surface area contributed by atoms with Gasteiger partial charge in [-0.3, -0.25) is 0 Å². The van der Waals surface area contributed by atoms with E-state index < -0.39 is 0 Å². The molecule has 1 heterocycles. The minimum Gasteiger partial charge on any atom is -0.149 e. The van der Waals surface area contributed by atoms with Crippen LogP contribution < -0.4 is 0 Å². The van der Waals surface area contributed by atoms with E-state index in [9.17, 15) is 0 Å². The summed E-state index contributed by atoms with van der Waals surface area (Å²) in [6.45, 7) is 8.84. The maximum atomic E-state index is 2.40. The first-order chi connectivity index (χ1) is 9.58. The summed E-state index contributed by atoms with van der Waals surface area (Å²) in [5.41, 5.74) is 4.45. The van der Waals surface area contributed by atoms with Crippen LogP contribution in [0.5, 0.6) is 0 Å². The average molecular weight is 288 g/mol. The van der Waals surface area contributed by atoms with Gasteiger partial charge < -0.3 is 0 Å². The molecule has 0 unspecified atom stereocenters. The molecule has 1 rings (SSSR count). The summed E-state index contributed by atoms with van der Waals surface area (Å²) >= 11 is 1.84. The van der Waals surface area contributed by atoms with Gasteiger partial charge in [0.2, 0.25) is 0 Å². The molecule has 0 aliphatic rings. The Labute approximate surface area is 128 Å². The maximum absolute atomic E-state index is 2.40. The van der Waals surface area contributed by atoms with E-state index in [1.165, 1.54) is 47.3 Å². The van der Waals surface area contributed by atoms with E-state index in [1.54, 1.807) is 0 Å². The van der Waals surface area contributed by atoms with Gasteiger partial charge in [-0.2, -0.15) is 0 Å². The molecule has 110 valence electrons. The Morgan fingerprint density at radius 2 is 1.60 bits per heavy atom. The van der Waals surface area contributed by atoms with Gasteiger partial charge in [0, 0.05) is 4.88 Å². The molecular formula is C19H28S. The molecule has 0 saturated carbocycles. The van der Waals surface area contributed by atoms with Crippen molar-refractivity contribution in [1.29, 1.82) is 0 Å². The zero-order valence-electron chi connectivity index (χ0n) is 13.4. The van der Waals surface area contributed by atoms with Gasteiger partial charge in [0.05, 0.1) is 0 Å². The van der Waals surface area contributed by atoms with Crippen molar-refractivity contribution < 1.29 is 0 Å². The third kappa shape index (κ3) is 8.16. The van der Waals surface area contributed by atoms with Gasteiger partial charge in [-0.1, -0.05) is 41.0 Å². The Kier molecular flexibility index (Phi) is 8.29. The molecule has 1 heteroatoms. The van der Waals surface area contributed by atoms with Crippen LogP contribution in [0.1, 0.15) is 58.3 Å². The zero-order chi connectivity index (χ0) is 14.8. The quantitative estimate of drug-likeness (QED) is 0.466. The molecule has 0 amide bonds. The molecule has 0 saturated heterocycles. The average Bonchev–Trinajstić information content (AvgIpc) is 2.89. The van der Waals surface area contributed by atoms with E-state index >= 15 is 0 Å². The van der Waals surface area contributed by atoms with Crippen molar-refractivity contribution in [1.82, 2.24) is 0 Å². The second kappa shape index (κ2) is 9.77. The minimum absolute atomic E-state index is 1.09. The van der Waals surface area contributed by atoms with Crippen LogP contribution in [0.15, 0.2) is 52.5 Å². The number of allylic oxidation sites excluding steroid dienone is 6. The summed E-state index contributed by atoms with van der Waals surface area (Å²) in [6, 6.07) is 4.34. The van der Waals surface area contributed by atoms with Crippen molar-refractivity contribution in [3.63, 3.8) is 0 Å². The van der Waals surface area contributed by atoms with E-state index in [-0.39, 0.29) is 0 Å². The van der Waals surface area contributed by atoms with Crippen molar-refractivity contribution in [2.75, 3.05) is 0 Å². The number of rotatable bonds is 8. The Morgan fingerprint density at radius 1 is 0.950 bits per heavy atom. The number of hydrogen-bond acceptors (Lipinski definition) is 1. The highest BCUT2D eigenvalue weighted by Crippen LogP contribution is 2.14. The molecule has 0 aromatic carbocycles. The van der Waals surface area contributed by atoms with Gasteiger partial charge in [0.25, 0.3) is 0 Å². The zero-order valence-corrected chi connectivity index (χ0v) is 14.2. The highest BCUT2D eigenvalue weighted by Gasteiger charge is 1.94. The summed E-state index contributed by atoms with van der Waals surface area (Å²) < 4.78 is 0. The lowest BCUT2D eigenvalue weighted by Gasteiger charge is -2.01. The molecule has 0 spiro atoms. The molecule has 0 radical (unpaired) electrons. The predicted molar refractivity (Wildman–Crippen MR) is 93.4 cm³/mol. The lowest BCUT2D eigenvalue weighted by molar-refractivity contribution is 0.915. The van der Waals surface area contributed by atoms with Crippen LogP contribution in [0.2, 0.25) is 0 Å². The van der Waals surface area contributed by atoms with Gasteiger partial charge in [-0.15, -0.1) is 11.3 Å². The maximum Gasteiger partial charge on any atom is 0.00829 e. The van der Waals surface area contributed by atoms with Crippen LogP contribution in [0.3, 0.4) is 0 Å². The lowest BCUT2D eigenvalue weighted by atomic mass is 10.1. The highest BCUT2D eigenvalue weighted by molar-refractivity contribution is 7.09. The van der Waals surface area contributed by atoms with E-state index in [4.69, 9.17) is 0 Å². The van der Waals surface area contributed by atoms with E-state index in [0.717, 1.165) is 6.42 Å². The van der Waals surface area contributed by atoms with Crippen LogP contribution in [0.25, 0.3) is 0 Å². The standard InChI is InChI=1S/C19H28S/c1-16(2)8-5-9-17(3)10-6-11-18(4)13-14-19-12-7-15-20-19/h7-8,10,12-13,15H,5-6,9,11,14H2,1-4H3/b17-10-,18-13-. The Hall–Kier alpha value is -1.08. The number of thiophene rings is 1. The first-order valence-electron chi connectivity index (χ1n) is 7.55. The molecular weight excluding hydrogens is 260 g/mol. The normalized spacial score (nSPS) is 12.6.